The van der Waals surface area contributed by atoms with Crippen molar-refractivity contribution >= 4 is 31.1 Å². The molecule has 0 amide bonds. The standard InChI is InChI=1S/C17H18O2Si/c1-20(2,3)19-17-15(11-18)9-14-8-12-6-4-5-7-13(12)10-16(14)17/h4-8,10-11H,9H2,1-3H3. The van der Waals surface area contributed by atoms with Gasteiger partial charge >= 0.3 is 0 Å². The third kappa shape index (κ3) is 2.29. The second-order valence-corrected chi connectivity index (χ2v) is 10.6. The van der Waals surface area contributed by atoms with Crippen LogP contribution >= 0.6 is 0 Å². The maximum absolute atomic E-state index is 11.3. The van der Waals surface area contributed by atoms with Gasteiger partial charge in [-0.1, -0.05) is 30.3 Å². The summed E-state index contributed by atoms with van der Waals surface area (Å²) in [6.07, 6.45) is 1.63. The molecule has 20 heavy (non-hydrogen) atoms. The van der Waals surface area contributed by atoms with Gasteiger partial charge in [-0.05, 0) is 42.0 Å². The Kier molecular flexibility index (Phi) is 3.02. The Hall–Kier alpha value is -1.87. The number of benzene rings is 2. The van der Waals surface area contributed by atoms with Crippen molar-refractivity contribution in [3.63, 3.8) is 0 Å². The summed E-state index contributed by atoms with van der Waals surface area (Å²) in [6.45, 7) is 6.42. The second kappa shape index (κ2) is 4.60. The van der Waals surface area contributed by atoms with Crippen LogP contribution in [0.4, 0.5) is 0 Å². The van der Waals surface area contributed by atoms with Crippen LogP contribution in [0.25, 0.3) is 16.5 Å². The van der Waals surface area contributed by atoms with Crippen LogP contribution in [0.2, 0.25) is 19.6 Å². The molecule has 0 atom stereocenters. The highest BCUT2D eigenvalue weighted by Crippen LogP contribution is 2.37. The van der Waals surface area contributed by atoms with E-state index in [0.29, 0.717) is 6.42 Å². The lowest BCUT2D eigenvalue weighted by Gasteiger charge is -2.21. The number of carbonyl (C=O) groups is 1. The van der Waals surface area contributed by atoms with Crippen LogP contribution in [0.5, 0.6) is 0 Å². The van der Waals surface area contributed by atoms with E-state index in [-0.39, 0.29) is 0 Å². The fourth-order valence-electron chi connectivity index (χ4n) is 2.63. The van der Waals surface area contributed by atoms with Gasteiger partial charge in [-0.3, -0.25) is 4.79 Å². The van der Waals surface area contributed by atoms with Gasteiger partial charge < -0.3 is 4.43 Å². The van der Waals surface area contributed by atoms with E-state index < -0.39 is 8.32 Å². The zero-order chi connectivity index (χ0) is 14.3. The first kappa shape index (κ1) is 13.1. The van der Waals surface area contributed by atoms with E-state index in [1.807, 2.05) is 12.1 Å². The van der Waals surface area contributed by atoms with Crippen molar-refractivity contribution in [3.8, 4) is 0 Å². The normalized spacial score (nSPS) is 14.6. The molecule has 2 nitrogen and oxygen atoms in total. The van der Waals surface area contributed by atoms with Gasteiger partial charge in [0.05, 0.1) is 0 Å². The van der Waals surface area contributed by atoms with Crippen molar-refractivity contribution in [2.75, 3.05) is 0 Å². The molecule has 0 bridgehead atoms. The summed E-state index contributed by atoms with van der Waals surface area (Å²) < 4.78 is 6.16. The third-order valence-corrected chi connectivity index (χ3v) is 4.26. The predicted octanol–water partition coefficient (Wildman–Crippen LogP) is 4.16. The SMILES string of the molecule is C[Si](C)(C)OC1=C(C=O)Cc2cc3ccccc3cc21. The first-order chi connectivity index (χ1) is 9.48. The van der Waals surface area contributed by atoms with Crippen LogP contribution in [0, 0.1) is 0 Å². The molecule has 2 aromatic carbocycles. The number of allylic oxidation sites excluding steroid dienone is 1. The van der Waals surface area contributed by atoms with Crippen molar-refractivity contribution < 1.29 is 9.22 Å². The largest absolute Gasteiger partial charge is 0.544 e. The Morgan fingerprint density at radius 2 is 1.75 bits per heavy atom. The molecular weight excluding hydrogens is 264 g/mol. The fraction of sp³-hybridized carbons (Fsp3) is 0.235. The van der Waals surface area contributed by atoms with Crippen LogP contribution in [-0.2, 0) is 15.6 Å². The highest BCUT2D eigenvalue weighted by molar-refractivity contribution is 6.70. The Bertz CT molecular complexity index is 723. The predicted molar refractivity (Wildman–Crippen MR) is 85.1 cm³/mol. The summed E-state index contributed by atoms with van der Waals surface area (Å²) in [5.74, 6) is 0.805. The number of rotatable bonds is 3. The molecule has 1 aliphatic carbocycles. The molecule has 0 aromatic heterocycles. The molecule has 102 valence electrons. The van der Waals surface area contributed by atoms with Crippen molar-refractivity contribution in [2.45, 2.75) is 26.1 Å². The van der Waals surface area contributed by atoms with E-state index in [2.05, 4.69) is 43.9 Å². The van der Waals surface area contributed by atoms with Crippen molar-refractivity contribution in [2.24, 2.45) is 0 Å². The van der Waals surface area contributed by atoms with Crippen LogP contribution in [0.3, 0.4) is 0 Å². The molecule has 0 unspecified atom stereocenters. The number of carbonyl (C=O) groups excluding carboxylic acids is 1. The van der Waals surface area contributed by atoms with E-state index in [0.717, 1.165) is 23.2 Å². The Labute approximate surface area is 120 Å². The second-order valence-electron chi connectivity index (χ2n) is 6.22. The molecule has 2 aromatic rings. The van der Waals surface area contributed by atoms with E-state index in [1.54, 1.807) is 0 Å². The monoisotopic (exact) mass is 282 g/mol. The lowest BCUT2D eigenvalue weighted by molar-refractivity contribution is -0.104. The Balaban J connectivity index is 2.16. The molecule has 0 spiro atoms. The smallest absolute Gasteiger partial charge is 0.242 e. The summed E-state index contributed by atoms with van der Waals surface area (Å²) in [4.78, 5) is 11.3. The molecule has 0 radical (unpaired) electrons. The van der Waals surface area contributed by atoms with Crippen LogP contribution in [0.15, 0.2) is 42.0 Å². The van der Waals surface area contributed by atoms with Crippen LogP contribution in [-0.4, -0.2) is 14.6 Å². The molecule has 0 N–H and O–H groups in total. The average Bonchev–Trinajstić information content (AvgIpc) is 2.72. The lowest BCUT2D eigenvalue weighted by Crippen LogP contribution is -2.24. The number of aldehydes is 1. The van der Waals surface area contributed by atoms with E-state index in [4.69, 9.17) is 4.43 Å². The average molecular weight is 282 g/mol. The van der Waals surface area contributed by atoms with Gasteiger partial charge in [0.2, 0.25) is 8.32 Å². The van der Waals surface area contributed by atoms with Crippen molar-refractivity contribution in [1.82, 2.24) is 0 Å². The molecule has 3 rings (SSSR count). The van der Waals surface area contributed by atoms with Gasteiger partial charge in [0.25, 0.3) is 0 Å². The Morgan fingerprint density at radius 3 is 2.35 bits per heavy atom. The first-order valence-corrected chi connectivity index (χ1v) is 10.3. The zero-order valence-electron chi connectivity index (χ0n) is 12.1. The molecule has 0 saturated carbocycles. The number of hydrogen-bond donors (Lipinski definition) is 0. The van der Waals surface area contributed by atoms with Crippen molar-refractivity contribution in [3.05, 3.63) is 53.1 Å². The minimum atomic E-state index is -1.73. The molecular formula is C17H18O2Si. The lowest BCUT2D eigenvalue weighted by atomic mass is 10.0. The van der Waals surface area contributed by atoms with Gasteiger partial charge in [0.15, 0.2) is 0 Å². The van der Waals surface area contributed by atoms with E-state index >= 15 is 0 Å². The van der Waals surface area contributed by atoms with Crippen LogP contribution in [0.1, 0.15) is 11.1 Å². The number of fused-ring (bicyclic) bond motifs is 2. The fourth-order valence-corrected chi connectivity index (χ4v) is 3.48. The highest BCUT2D eigenvalue weighted by atomic mass is 28.4. The highest BCUT2D eigenvalue weighted by Gasteiger charge is 2.27. The topological polar surface area (TPSA) is 26.3 Å². The summed E-state index contributed by atoms with van der Waals surface area (Å²) in [7, 11) is -1.73. The minimum Gasteiger partial charge on any atom is -0.544 e. The molecule has 0 saturated heterocycles. The molecule has 0 aliphatic heterocycles. The van der Waals surface area contributed by atoms with E-state index in [9.17, 15) is 4.79 Å². The van der Waals surface area contributed by atoms with Gasteiger partial charge in [0, 0.05) is 17.6 Å². The summed E-state index contributed by atoms with van der Waals surface area (Å²) >= 11 is 0. The maximum Gasteiger partial charge on any atom is 0.242 e. The molecule has 1 aliphatic rings. The zero-order valence-corrected chi connectivity index (χ0v) is 13.1. The van der Waals surface area contributed by atoms with E-state index in [1.165, 1.54) is 16.3 Å². The van der Waals surface area contributed by atoms with Gasteiger partial charge in [0.1, 0.15) is 12.0 Å². The minimum absolute atomic E-state index is 0.684. The third-order valence-electron chi connectivity index (χ3n) is 3.44. The molecule has 3 heteroatoms. The summed E-state index contributed by atoms with van der Waals surface area (Å²) in [5, 5.41) is 2.40. The van der Waals surface area contributed by atoms with Gasteiger partial charge in [-0.15, -0.1) is 0 Å². The molecule has 0 fully saturated rings. The Morgan fingerprint density at radius 1 is 1.10 bits per heavy atom. The quantitative estimate of drug-likeness (QED) is 0.624. The summed E-state index contributed by atoms with van der Waals surface area (Å²) in [5.41, 5.74) is 3.06. The first-order valence-electron chi connectivity index (χ1n) is 6.87. The summed E-state index contributed by atoms with van der Waals surface area (Å²) in [6, 6.07) is 12.6. The number of hydrogen-bond acceptors (Lipinski definition) is 2. The van der Waals surface area contributed by atoms with Gasteiger partial charge in [-0.2, -0.15) is 0 Å². The van der Waals surface area contributed by atoms with Crippen LogP contribution < -0.4 is 0 Å². The molecule has 0 heterocycles. The van der Waals surface area contributed by atoms with Crippen molar-refractivity contribution in [1.29, 1.82) is 0 Å². The maximum atomic E-state index is 11.3. The van der Waals surface area contributed by atoms with Gasteiger partial charge in [-0.25, -0.2) is 0 Å².